The van der Waals surface area contributed by atoms with Gasteiger partial charge in [-0.25, -0.2) is 0 Å². The highest BCUT2D eigenvalue weighted by molar-refractivity contribution is 5.94. The van der Waals surface area contributed by atoms with E-state index in [-0.39, 0.29) is 0 Å². The zero-order valence-electron chi connectivity index (χ0n) is 5.44. The van der Waals surface area contributed by atoms with Gasteiger partial charge in [0.2, 0.25) is 0 Å². The maximum absolute atomic E-state index is 6.73. The fourth-order valence-electron chi connectivity index (χ4n) is 0.512. The Morgan fingerprint density at radius 1 is 1.75 bits per heavy atom. The zero-order valence-corrected chi connectivity index (χ0v) is 5.44. The van der Waals surface area contributed by atoms with Crippen LogP contribution in [0.5, 0.6) is 0 Å². The molecule has 0 atom stereocenters. The lowest BCUT2D eigenvalue weighted by Crippen LogP contribution is -1.94. The summed E-state index contributed by atoms with van der Waals surface area (Å²) in [6, 6.07) is 0. The smallest absolute Gasteiger partial charge is 0.0276 e. The van der Waals surface area contributed by atoms with Crippen LogP contribution in [0.15, 0.2) is 4.99 Å². The van der Waals surface area contributed by atoms with Crippen LogP contribution in [-0.4, -0.2) is 19.0 Å². The molecule has 0 fully saturated rings. The van der Waals surface area contributed by atoms with Gasteiger partial charge in [-0.15, -0.1) is 0 Å². The zero-order chi connectivity index (χ0) is 6.41. The molecule has 0 aliphatic heterocycles. The van der Waals surface area contributed by atoms with Crippen LogP contribution in [0, 0.1) is 5.41 Å². The molecular formula is C6H12N2. The molecule has 2 nitrogen and oxygen atoms in total. The summed E-state index contributed by atoms with van der Waals surface area (Å²) in [6.45, 7) is 2.05. The molecule has 0 saturated heterocycles. The number of nitrogens with one attached hydrogen (secondary N) is 1. The van der Waals surface area contributed by atoms with E-state index >= 15 is 0 Å². The second-order valence-electron chi connectivity index (χ2n) is 1.55. The van der Waals surface area contributed by atoms with Gasteiger partial charge < -0.3 is 5.41 Å². The summed E-state index contributed by atoms with van der Waals surface area (Å²) >= 11 is 0. The SMILES string of the molecule is CCC(CC=N)=NC. The second kappa shape index (κ2) is 4.50. The van der Waals surface area contributed by atoms with Crippen LogP contribution in [0.4, 0.5) is 0 Å². The van der Waals surface area contributed by atoms with Crippen molar-refractivity contribution in [3.05, 3.63) is 0 Å². The van der Waals surface area contributed by atoms with E-state index in [2.05, 4.69) is 4.99 Å². The van der Waals surface area contributed by atoms with Gasteiger partial charge >= 0.3 is 0 Å². The van der Waals surface area contributed by atoms with Gasteiger partial charge in [-0.05, 0) is 6.42 Å². The fourth-order valence-corrected chi connectivity index (χ4v) is 0.512. The van der Waals surface area contributed by atoms with Gasteiger partial charge in [0, 0.05) is 25.4 Å². The summed E-state index contributed by atoms with van der Waals surface area (Å²) in [7, 11) is 1.77. The van der Waals surface area contributed by atoms with Gasteiger partial charge in [-0.1, -0.05) is 6.92 Å². The minimum atomic E-state index is 0.715. The lowest BCUT2D eigenvalue weighted by Gasteiger charge is -1.92. The Kier molecular flexibility index (Phi) is 4.13. The van der Waals surface area contributed by atoms with E-state index in [0.29, 0.717) is 6.42 Å². The number of hydrogen-bond acceptors (Lipinski definition) is 2. The van der Waals surface area contributed by atoms with Crippen molar-refractivity contribution in [3.8, 4) is 0 Å². The molecule has 8 heavy (non-hydrogen) atoms. The molecule has 0 bridgehead atoms. The van der Waals surface area contributed by atoms with E-state index in [1.807, 2.05) is 6.92 Å². The third kappa shape index (κ3) is 2.50. The normalized spacial score (nSPS) is 11.5. The maximum atomic E-state index is 6.73. The molecule has 0 spiro atoms. The first-order valence-electron chi connectivity index (χ1n) is 2.78. The summed E-state index contributed by atoms with van der Waals surface area (Å²) in [5.74, 6) is 0. The molecule has 0 aromatic heterocycles. The van der Waals surface area contributed by atoms with Gasteiger partial charge in [-0.3, -0.25) is 4.99 Å². The lowest BCUT2D eigenvalue weighted by molar-refractivity contribution is 1.20. The van der Waals surface area contributed by atoms with Crippen LogP contribution in [0.25, 0.3) is 0 Å². The third-order valence-electron chi connectivity index (χ3n) is 1.06. The molecule has 0 aromatic carbocycles. The van der Waals surface area contributed by atoms with Gasteiger partial charge in [0.15, 0.2) is 0 Å². The molecule has 0 radical (unpaired) electrons. The average molecular weight is 112 g/mol. The molecule has 1 N–H and O–H groups in total. The van der Waals surface area contributed by atoms with Crippen molar-refractivity contribution in [2.75, 3.05) is 7.05 Å². The fraction of sp³-hybridized carbons (Fsp3) is 0.667. The highest BCUT2D eigenvalue weighted by Gasteiger charge is 1.87. The topological polar surface area (TPSA) is 36.2 Å². The highest BCUT2D eigenvalue weighted by Crippen LogP contribution is 1.87. The summed E-state index contributed by atoms with van der Waals surface area (Å²) in [6.07, 6.45) is 3.06. The Labute approximate surface area is 50.1 Å². The molecular weight excluding hydrogens is 100 g/mol. The third-order valence-corrected chi connectivity index (χ3v) is 1.06. The van der Waals surface area contributed by atoms with Crippen molar-refractivity contribution in [2.24, 2.45) is 4.99 Å². The van der Waals surface area contributed by atoms with Crippen LogP contribution in [-0.2, 0) is 0 Å². The second-order valence-corrected chi connectivity index (χ2v) is 1.55. The minimum Gasteiger partial charge on any atom is -0.313 e. The van der Waals surface area contributed by atoms with Crippen molar-refractivity contribution >= 4 is 11.9 Å². The molecule has 0 unspecified atom stereocenters. The summed E-state index contributed by atoms with van der Waals surface area (Å²) in [5.41, 5.74) is 1.10. The Morgan fingerprint density at radius 3 is 2.50 bits per heavy atom. The van der Waals surface area contributed by atoms with Gasteiger partial charge in [0.25, 0.3) is 0 Å². The molecule has 0 aliphatic rings. The number of rotatable bonds is 3. The van der Waals surface area contributed by atoms with Crippen LogP contribution < -0.4 is 0 Å². The van der Waals surface area contributed by atoms with E-state index in [1.54, 1.807) is 7.05 Å². The molecule has 2 heteroatoms. The first-order chi connectivity index (χ1) is 3.85. The molecule has 0 heterocycles. The van der Waals surface area contributed by atoms with Gasteiger partial charge in [0.1, 0.15) is 0 Å². The molecule has 0 amide bonds. The van der Waals surface area contributed by atoms with Crippen molar-refractivity contribution in [1.29, 1.82) is 5.41 Å². The summed E-state index contributed by atoms with van der Waals surface area (Å²) in [4.78, 5) is 3.96. The number of aliphatic imine (C=N–C) groups is 1. The Bertz CT molecular complexity index is 94.7. The minimum absolute atomic E-state index is 0.715. The van der Waals surface area contributed by atoms with Crippen LogP contribution in [0.3, 0.4) is 0 Å². The van der Waals surface area contributed by atoms with E-state index in [1.165, 1.54) is 6.21 Å². The molecule has 0 saturated carbocycles. The van der Waals surface area contributed by atoms with Gasteiger partial charge in [-0.2, -0.15) is 0 Å². The monoisotopic (exact) mass is 112 g/mol. The Hall–Kier alpha value is -0.660. The van der Waals surface area contributed by atoms with Crippen LogP contribution in [0.1, 0.15) is 19.8 Å². The average Bonchev–Trinajstić information content (AvgIpc) is 1.83. The van der Waals surface area contributed by atoms with Gasteiger partial charge in [0.05, 0.1) is 0 Å². The number of nitrogens with zero attached hydrogens (tertiary/aromatic N) is 1. The molecule has 0 rings (SSSR count). The standard InChI is InChI=1S/C6H12N2/c1-3-6(8-2)4-5-7/h5,7H,3-4H2,1-2H3. The van der Waals surface area contributed by atoms with E-state index in [4.69, 9.17) is 5.41 Å². The van der Waals surface area contributed by atoms with Crippen LogP contribution >= 0.6 is 0 Å². The first kappa shape index (κ1) is 7.34. The maximum Gasteiger partial charge on any atom is 0.0276 e. The van der Waals surface area contributed by atoms with E-state index < -0.39 is 0 Å². The van der Waals surface area contributed by atoms with E-state index in [0.717, 1.165) is 12.1 Å². The quantitative estimate of drug-likeness (QED) is 0.537. The summed E-state index contributed by atoms with van der Waals surface area (Å²) < 4.78 is 0. The molecule has 0 aromatic rings. The van der Waals surface area contributed by atoms with Crippen LogP contribution in [0.2, 0.25) is 0 Å². The predicted molar refractivity (Wildman–Crippen MR) is 37.1 cm³/mol. The largest absolute Gasteiger partial charge is 0.313 e. The lowest BCUT2D eigenvalue weighted by atomic mass is 10.2. The highest BCUT2D eigenvalue weighted by atomic mass is 14.7. The molecule has 0 aliphatic carbocycles. The van der Waals surface area contributed by atoms with Crippen molar-refractivity contribution in [1.82, 2.24) is 0 Å². The van der Waals surface area contributed by atoms with Crippen molar-refractivity contribution in [2.45, 2.75) is 19.8 Å². The predicted octanol–water partition coefficient (Wildman–Crippen LogP) is 1.51. The first-order valence-corrected chi connectivity index (χ1v) is 2.78. The Balaban J connectivity index is 3.53. The summed E-state index contributed by atoms with van der Waals surface area (Å²) in [5, 5.41) is 6.73. The van der Waals surface area contributed by atoms with Crippen molar-refractivity contribution < 1.29 is 0 Å². The van der Waals surface area contributed by atoms with E-state index in [9.17, 15) is 0 Å². The molecule has 46 valence electrons. The van der Waals surface area contributed by atoms with Crippen molar-refractivity contribution in [3.63, 3.8) is 0 Å². The Morgan fingerprint density at radius 2 is 2.38 bits per heavy atom. The number of hydrogen-bond donors (Lipinski definition) is 1.